The molecule has 122 valence electrons. The van der Waals surface area contributed by atoms with E-state index in [2.05, 4.69) is 20.7 Å². The van der Waals surface area contributed by atoms with Gasteiger partial charge in [0.15, 0.2) is 5.82 Å². The van der Waals surface area contributed by atoms with Crippen molar-refractivity contribution < 1.29 is 13.2 Å². The van der Waals surface area contributed by atoms with Gasteiger partial charge in [-0.1, -0.05) is 0 Å². The molecule has 1 amide bonds. The maximum Gasteiger partial charge on any atom is 0.252 e. The van der Waals surface area contributed by atoms with Gasteiger partial charge in [0.05, 0.1) is 23.4 Å². The van der Waals surface area contributed by atoms with E-state index in [4.69, 9.17) is 5.26 Å². The summed E-state index contributed by atoms with van der Waals surface area (Å²) in [6.07, 6.45) is 1.23. The average molecular weight is 354 g/mol. The molecule has 0 aliphatic heterocycles. The SMILES string of the molecule is CS(=O)(=O)CCC(NC(=O)c1ccsc1)c1nnn(CC#N)n1. The Balaban J connectivity index is 2.16. The third kappa shape index (κ3) is 5.11. The summed E-state index contributed by atoms with van der Waals surface area (Å²) >= 11 is 1.38. The predicted octanol–water partition coefficient (Wildman–Crippen LogP) is 0.164. The molecule has 0 aromatic carbocycles. The number of sulfone groups is 1. The second kappa shape index (κ2) is 7.30. The van der Waals surface area contributed by atoms with Gasteiger partial charge in [0.1, 0.15) is 16.4 Å². The maximum absolute atomic E-state index is 12.2. The summed E-state index contributed by atoms with van der Waals surface area (Å²) < 4.78 is 22.7. The van der Waals surface area contributed by atoms with Crippen LogP contribution in [0.3, 0.4) is 0 Å². The van der Waals surface area contributed by atoms with E-state index in [1.165, 1.54) is 11.3 Å². The Bertz CT molecular complexity index is 806. The highest BCUT2D eigenvalue weighted by Gasteiger charge is 2.22. The molecular formula is C12H14N6O3S2. The van der Waals surface area contributed by atoms with Gasteiger partial charge in [-0.2, -0.15) is 16.6 Å². The Morgan fingerprint density at radius 3 is 2.96 bits per heavy atom. The molecule has 2 aromatic heterocycles. The van der Waals surface area contributed by atoms with E-state index in [1.807, 2.05) is 6.07 Å². The molecule has 1 atom stereocenters. The fourth-order valence-corrected chi connectivity index (χ4v) is 3.06. The smallest absolute Gasteiger partial charge is 0.252 e. The third-order valence-corrected chi connectivity index (χ3v) is 4.52. The third-order valence-electron chi connectivity index (χ3n) is 2.86. The molecule has 2 aromatic rings. The van der Waals surface area contributed by atoms with E-state index in [-0.39, 0.29) is 30.5 Å². The molecule has 11 heteroatoms. The number of nitrogens with one attached hydrogen (secondary N) is 1. The molecule has 1 unspecified atom stereocenters. The zero-order valence-corrected chi connectivity index (χ0v) is 13.8. The maximum atomic E-state index is 12.2. The zero-order valence-electron chi connectivity index (χ0n) is 12.2. The van der Waals surface area contributed by atoms with E-state index in [9.17, 15) is 13.2 Å². The number of tetrazole rings is 1. The lowest BCUT2D eigenvalue weighted by atomic mass is 10.2. The highest BCUT2D eigenvalue weighted by molar-refractivity contribution is 7.90. The van der Waals surface area contributed by atoms with Crippen LogP contribution in [0, 0.1) is 11.3 Å². The number of carbonyl (C=O) groups is 1. The van der Waals surface area contributed by atoms with Gasteiger partial charge in [-0.05, 0) is 23.1 Å². The fourth-order valence-electron chi connectivity index (χ4n) is 1.76. The Labute approximate surface area is 136 Å². The molecule has 23 heavy (non-hydrogen) atoms. The Morgan fingerprint density at radius 2 is 2.35 bits per heavy atom. The van der Waals surface area contributed by atoms with Crippen molar-refractivity contribution in [2.75, 3.05) is 12.0 Å². The van der Waals surface area contributed by atoms with Gasteiger partial charge in [-0.15, -0.1) is 15.0 Å². The van der Waals surface area contributed by atoms with E-state index in [0.717, 1.165) is 11.1 Å². The molecule has 2 rings (SSSR count). The summed E-state index contributed by atoms with van der Waals surface area (Å²) in [7, 11) is -3.20. The molecule has 9 nitrogen and oxygen atoms in total. The second-order valence-corrected chi connectivity index (χ2v) is 7.83. The minimum atomic E-state index is -3.20. The van der Waals surface area contributed by atoms with Crippen LogP contribution in [-0.4, -0.2) is 46.5 Å². The van der Waals surface area contributed by atoms with Crippen LogP contribution in [-0.2, 0) is 16.4 Å². The van der Waals surface area contributed by atoms with Crippen LogP contribution in [0.15, 0.2) is 16.8 Å². The van der Waals surface area contributed by atoms with Crippen LogP contribution >= 0.6 is 11.3 Å². The molecule has 0 spiro atoms. The number of nitrogens with zero attached hydrogens (tertiary/aromatic N) is 5. The first-order valence-electron chi connectivity index (χ1n) is 6.54. The molecule has 0 aliphatic carbocycles. The molecule has 0 fully saturated rings. The van der Waals surface area contributed by atoms with Gasteiger partial charge in [0, 0.05) is 11.6 Å². The molecule has 2 heterocycles. The first-order chi connectivity index (χ1) is 10.9. The lowest BCUT2D eigenvalue weighted by molar-refractivity contribution is 0.0934. The van der Waals surface area contributed by atoms with Crippen molar-refractivity contribution in [1.82, 2.24) is 25.5 Å². The van der Waals surface area contributed by atoms with Crippen molar-refractivity contribution >= 4 is 27.1 Å². The van der Waals surface area contributed by atoms with Crippen LogP contribution in [0.1, 0.15) is 28.6 Å². The minimum Gasteiger partial charge on any atom is -0.342 e. The van der Waals surface area contributed by atoms with Crippen LogP contribution in [0.4, 0.5) is 0 Å². The van der Waals surface area contributed by atoms with Crippen LogP contribution in [0.5, 0.6) is 0 Å². The van der Waals surface area contributed by atoms with Crippen molar-refractivity contribution in [3.63, 3.8) is 0 Å². The number of hydrogen-bond acceptors (Lipinski definition) is 8. The molecule has 0 aliphatic rings. The minimum absolute atomic E-state index is 0.0791. The van der Waals surface area contributed by atoms with Gasteiger partial charge in [-0.3, -0.25) is 4.79 Å². The van der Waals surface area contributed by atoms with Gasteiger partial charge in [0.25, 0.3) is 5.91 Å². The predicted molar refractivity (Wildman–Crippen MR) is 82.3 cm³/mol. The monoisotopic (exact) mass is 354 g/mol. The Hall–Kier alpha value is -2.32. The first-order valence-corrected chi connectivity index (χ1v) is 9.55. The van der Waals surface area contributed by atoms with E-state index in [0.29, 0.717) is 5.56 Å². The lowest BCUT2D eigenvalue weighted by Gasteiger charge is -2.14. The summed E-state index contributed by atoms with van der Waals surface area (Å²) in [5.74, 6) is -0.303. The van der Waals surface area contributed by atoms with Gasteiger partial charge < -0.3 is 5.32 Å². The quantitative estimate of drug-likeness (QED) is 0.749. The Kier molecular flexibility index (Phi) is 5.41. The van der Waals surface area contributed by atoms with Gasteiger partial charge in [-0.25, -0.2) is 8.42 Å². The molecule has 1 N–H and O–H groups in total. The number of carbonyl (C=O) groups excluding carboxylic acids is 1. The van der Waals surface area contributed by atoms with E-state index in [1.54, 1.807) is 16.8 Å². The van der Waals surface area contributed by atoms with Crippen LogP contribution < -0.4 is 5.32 Å². The van der Waals surface area contributed by atoms with Crippen molar-refractivity contribution in [2.45, 2.75) is 19.0 Å². The molecular weight excluding hydrogens is 340 g/mol. The van der Waals surface area contributed by atoms with E-state index < -0.39 is 15.9 Å². The second-order valence-electron chi connectivity index (χ2n) is 4.79. The zero-order chi connectivity index (χ0) is 16.9. The number of hydrogen-bond donors (Lipinski definition) is 1. The van der Waals surface area contributed by atoms with Crippen LogP contribution in [0.25, 0.3) is 0 Å². The number of thiophene rings is 1. The average Bonchev–Trinajstić information content (AvgIpc) is 3.14. The largest absolute Gasteiger partial charge is 0.342 e. The normalized spacial score (nSPS) is 12.5. The number of nitriles is 1. The van der Waals surface area contributed by atoms with E-state index >= 15 is 0 Å². The summed E-state index contributed by atoms with van der Waals surface area (Å²) in [5, 5.41) is 26.3. The highest BCUT2D eigenvalue weighted by Crippen LogP contribution is 2.15. The summed E-state index contributed by atoms with van der Waals surface area (Å²) in [4.78, 5) is 13.2. The highest BCUT2D eigenvalue weighted by atomic mass is 32.2. The van der Waals surface area contributed by atoms with Crippen LogP contribution in [0.2, 0.25) is 0 Å². The topological polar surface area (TPSA) is 131 Å². The number of rotatable bonds is 7. The first kappa shape index (κ1) is 17.0. The molecule has 0 saturated heterocycles. The van der Waals surface area contributed by atoms with Crippen molar-refractivity contribution in [3.05, 3.63) is 28.2 Å². The van der Waals surface area contributed by atoms with Gasteiger partial charge in [0.2, 0.25) is 0 Å². The van der Waals surface area contributed by atoms with Crippen molar-refractivity contribution in [1.29, 1.82) is 5.26 Å². The number of aromatic nitrogens is 4. The summed E-state index contributed by atoms with van der Waals surface area (Å²) in [6, 6.07) is 2.83. The van der Waals surface area contributed by atoms with Crippen molar-refractivity contribution in [3.8, 4) is 6.07 Å². The molecule has 0 bridgehead atoms. The standard InChI is InChI=1S/C12H14N6O3S2/c1-23(20,21)7-3-10(11-15-17-18(16-11)5-4-13)14-12(19)9-2-6-22-8-9/h2,6,8,10H,3,5,7H2,1H3,(H,14,19). The van der Waals surface area contributed by atoms with Gasteiger partial charge >= 0.3 is 0 Å². The summed E-state index contributed by atoms with van der Waals surface area (Å²) in [6.45, 7) is -0.0791. The summed E-state index contributed by atoms with van der Waals surface area (Å²) in [5.41, 5.74) is 0.476. The number of amides is 1. The van der Waals surface area contributed by atoms with Crippen molar-refractivity contribution in [2.24, 2.45) is 0 Å². The fraction of sp³-hybridized carbons (Fsp3) is 0.417. The Morgan fingerprint density at radius 1 is 1.57 bits per heavy atom. The molecule has 0 radical (unpaired) electrons. The molecule has 0 saturated carbocycles. The lowest BCUT2D eigenvalue weighted by Crippen LogP contribution is -2.30.